The summed E-state index contributed by atoms with van der Waals surface area (Å²) in [5, 5.41) is 2.71. The van der Waals surface area contributed by atoms with E-state index in [1.807, 2.05) is 24.3 Å². The molecule has 8 heteroatoms. The molecule has 3 rings (SSSR count). The van der Waals surface area contributed by atoms with Crippen molar-refractivity contribution in [2.24, 2.45) is 0 Å². The maximum absolute atomic E-state index is 13.0. The fourth-order valence-electron chi connectivity index (χ4n) is 3.13. The Morgan fingerprint density at radius 2 is 1.61 bits per heavy atom. The van der Waals surface area contributed by atoms with E-state index in [1.165, 1.54) is 26.2 Å². The average molecular weight is 405 g/mol. The predicted octanol–water partition coefficient (Wildman–Crippen LogP) is 3.12. The molecule has 1 saturated heterocycles. The molecule has 0 saturated carbocycles. The highest BCUT2D eigenvalue weighted by Crippen LogP contribution is 2.22. The molecule has 0 radical (unpaired) electrons. The van der Waals surface area contributed by atoms with E-state index in [9.17, 15) is 17.6 Å². The second-order valence-electron chi connectivity index (χ2n) is 6.88. The van der Waals surface area contributed by atoms with Crippen molar-refractivity contribution in [1.82, 2.24) is 4.72 Å². The zero-order chi connectivity index (χ0) is 20.1. The van der Waals surface area contributed by atoms with Crippen LogP contribution in [-0.4, -0.2) is 33.5 Å². The van der Waals surface area contributed by atoms with Gasteiger partial charge < -0.3 is 10.2 Å². The van der Waals surface area contributed by atoms with Crippen LogP contribution in [0.15, 0.2) is 53.4 Å². The van der Waals surface area contributed by atoms with Gasteiger partial charge in [0.25, 0.3) is 0 Å². The highest BCUT2D eigenvalue weighted by molar-refractivity contribution is 7.89. The first-order chi connectivity index (χ1) is 13.3. The molecule has 28 heavy (non-hydrogen) atoms. The van der Waals surface area contributed by atoms with E-state index in [0.29, 0.717) is 5.69 Å². The molecule has 6 nitrogen and oxygen atoms in total. The summed E-state index contributed by atoms with van der Waals surface area (Å²) in [7, 11) is -3.92. The van der Waals surface area contributed by atoms with Gasteiger partial charge in [0.05, 0.1) is 10.9 Å². The fourth-order valence-corrected chi connectivity index (χ4v) is 4.33. The van der Waals surface area contributed by atoms with Crippen LogP contribution in [0.1, 0.15) is 26.2 Å². The van der Waals surface area contributed by atoms with Gasteiger partial charge in [0.2, 0.25) is 15.9 Å². The Balaban J connectivity index is 1.59. The standard InChI is InChI=1S/C20H24FN3O3S/c1-15(23-28(26,27)19-11-5-16(21)6-12-19)20(25)22-17-7-9-18(10-8-17)24-13-3-2-4-14-24/h5-12,15,23H,2-4,13-14H2,1H3,(H,22,25)/t15-/m1/s1. The molecule has 0 spiro atoms. The van der Waals surface area contributed by atoms with Crippen LogP contribution < -0.4 is 14.9 Å². The van der Waals surface area contributed by atoms with Gasteiger partial charge in [0.15, 0.2) is 0 Å². The molecule has 1 aliphatic heterocycles. The normalized spacial score (nSPS) is 15.9. The Hall–Kier alpha value is -2.45. The SMILES string of the molecule is C[C@@H](NS(=O)(=O)c1ccc(F)cc1)C(=O)Nc1ccc(N2CCCCC2)cc1. The van der Waals surface area contributed by atoms with Gasteiger partial charge in [-0.1, -0.05) is 0 Å². The van der Waals surface area contributed by atoms with E-state index < -0.39 is 27.8 Å². The zero-order valence-corrected chi connectivity index (χ0v) is 16.5. The van der Waals surface area contributed by atoms with E-state index in [4.69, 9.17) is 0 Å². The minimum Gasteiger partial charge on any atom is -0.372 e. The van der Waals surface area contributed by atoms with Crippen molar-refractivity contribution in [3.8, 4) is 0 Å². The molecule has 150 valence electrons. The summed E-state index contributed by atoms with van der Waals surface area (Å²) in [5.41, 5.74) is 1.71. The minimum atomic E-state index is -3.92. The lowest BCUT2D eigenvalue weighted by atomic mass is 10.1. The summed E-state index contributed by atoms with van der Waals surface area (Å²) in [6.45, 7) is 3.53. The third kappa shape index (κ3) is 5.08. The van der Waals surface area contributed by atoms with Gasteiger partial charge >= 0.3 is 0 Å². The number of benzene rings is 2. The first-order valence-electron chi connectivity index (χ1n) is 9.29. The van der Waals surface area contributed by atoms with Crippen LogP contribution in [0.5, 0.6) is 0 Å². The zero-order valence-electron chi connectivity index (χ0n) is 15.7. The highest BCUT2D eigenvalue weighted by atomic mass is 32.2. The first-order valence-corrected chi connectivity index (χ1v) is 10.8. The van der Waals surface area contributed by atoms with Gasteiger partial charge in [-0.25, -0.2) is 12.8 Å². The van der Waals surface area contributed by atoms with Gasteiger partial charge in [-0.15, -0.1) is 0 Å². The Morgan fingerprint density at radius 3 is 2.21 bits per heavy atom. The largest absolute Gasteiger partial charge is 0.372 e. The molecular weight excluding hydrogens is 381 g/mol. The van der Waals surface area contributed by atoms with Gasteiger partial charge in [0, 0.05) is 24.5 Å². The number of sulfonamides is 1. The summed E-state index contributed by atoms with van der Waals surface area (Å²) in [6, 6.07) is 11.0. The Kier molecular flexibility index (Phi) is 6.31. The number of anilines is 2. The number of nitrogens with one attached hydrogen (secondary N) is 2. The lowest BCUT2D eigenvalue weighted by molar-refractivity contribution is -0.117. The van der Waals surface area contributed by atoms with Crippen molar-refractivity contribution in [2.75, 3.05) is 23.3 Å². The van der Waals surface area contributed by atoms with E-state index in [0.717, 1.165) is 43.0 Å². The van der Waals surface area contributed by atoms with Gasteiger partial charge in [0.1, 0.15) is 5.82 Å². The monoisotopic (exact) mass is 405 g/mol. The molecule has 0 bridgehead atoms. The molecular formula is C20H24FN3O3S. The smallest absolute Gasteiger partial charge is 0.242 e. The number of halogens is 1. The van der Waals surface area contributed by atoms with E-state index in [-0.39, 0.29) is 4.90 Å². The number of hydrogen-bond donors (Lipinski definition) is 2. The molecule has 0 aromatic heterocycles. The number of carbonyl (C=O) groups excluding carboxylic acids is 1. The molecule has 0 aliphatic carbocycles. The van der Waals surface area contributed by atoms with Crippen LogP contribution in [0.3, 0.4) is 0 Å². The molecule has 2 N–H and O–H groups in total. The maximum Gasteiger partial charge on any atom is 0.242 e. The van der Waals surface area contributed by atoms with Crippen LogP contribution in [0.4, 0.5) is 15.8 Å². The molecule has 2 aromatic carbocycles. The predicted molar refractivity (Wildman–Crippen MR) is 107 cm³/mol. The number of carbonyl (C=O) groups is 1. The quantitative estimate of drug-likeness (QED) is 0.774. The lowest BCUT2D eigenvalue weighted by Crippen LogP contribution is -2.41. The Morgan fingerprint density at radius 1 is 1.00 bits per heavy atom. The second-order valence-corrected chi connectivity index (χ2v) is 8.59. The fraction of sp³-hybridized carbons (Fsp3) is 0.350. The van der Waals surface area contributed by atoms with Crippen molar-refractivity contribution in [3.05, 3.63) is 54.3 Å². The topological polar surface area (TPSA) is 78.5 Å². The summed E-state index contributed by atoms with van der Waals surface area (Å²) in [5.74, 6) is -1.01. The summed E-state index contributed by atoms with van der Waals surface area (Å²) < 4.78 is 39.9. The number of hydrogen-bond acceptors (Lipinski definition) is 4. The third-order valence-corrected chi connectivity index (χ3v) is 6.26. The molecule has 1 fully saturated rings. The molecule has 1 heterocycles. The number of amides is 1. The van der Waals surface area contributed by atoms with Crippen LogP contribution in [0.25, 0.3) is 0 Å². The summed E-state index contributed by atoms with van der Waals surface area (Å²) in [6.07, 6.45) is 3.63. The summed E-state index contributed by atoms with van der Waals surface area (Å²) in [4.78, 5) is 14.6. The maximum atomic E-state index is 13.0. The highest BCUT2D eigenvalue weighted by Gasteiger charge is 2.22. The van der Waals surface area contributed by atoms with Crippen molar-refractivity contribution >= 4 is 27.3 Å². The van der Waals surface area contributed by atoms with Crippen LogP contribution in [0.2, 0.25) is 0 Å². The average Bonchev–Trinajstić information content (AvgIpc) is 2.69. The minimum absolute atomic E-state index is 0.0977. The van der Waals surface area contributed by atoms with Crippen molar-refractivity contribution in [1.29, 1.82) is 0 Å². The number of piperidine rings is 1. The van der Waals surface area contributed by atoms with E-state index in [2.05, 4.69) is 14.9 Å². The van der Waals surface area contributed by atoms with Crippen molar-refractivity contribution < 1.29 is 17.6 Å². The molecule has 1 amide bonds. The van der Waals surface area contributed by atoms with Gasteiger partial charge in [-0.2, -0.15) is 4.72 Å². The summed E-state index contributed by atoms with van der Waals surface area (Å²) >= 11 is 0. The Labute approximate surface area is 164 Å². The number of nitrogens with zero attached hydrogens (tertiary/aromatic N) is 1. The second kappa shape index (κ2) is 8.70. The van der Waals surface area contributed by atoms with Crippen LogP contribution >= 0.6 is 0 Å². The van der Waals surface area contributed by atoms with E-state index in [1.54, 1.807) is 0 Å². The lowest BCUT2D eigenvalue weighted by Gasteiger charge is -2.28. The van der Waals surface area contributed by atoms with E-state index >= 15 is 0 Å². The van der Waals surface area contributed by atoms with Crippen molar-refractivity contribution in [3.63, 3.8) is 0 Å². The van der Waals surface area contributed by atoms with Crippen LogP contribution in [-0.2, 0) is 14.8 Å². The molecule has 1 atom stereocenters. The van der Waals surface area contributed by atoms with Gasteiger partial charge in [-0.05, 0) is 74.7 Å². The molecule has 0 unspecified atom stereocenters. The third-order valence-electron chi connectivity index (χ3n) is 4.71. The Bertz CT molecular complexity index is 909. The first kappa shape index (κ1) is 20.3. The van der Waals surface area contributed by atoms with Crippen LogP contribution in [0, 0.1) is 5.82 Å². The van der Waals surface area contributed by atoms with Gasteiger partial charge in [-0.3, -0.25) is 4.79 Å². The molecule has 1 aliphatic rings. The molecule has 2 aromatic rings. The number of rotatable bonds is 6. The van der Waals surface area contributed by atoms with Crippen molar-refractivity contribution in [2.45, 2.75) is 37.1 Å².